The molecule has 0 radical (unpaired) electrons. The van der Waals surface area contributed by atoms with E-state index in [2.05, 4.69) is 32.0 Å². The summed E-state index contributed by atoms with van der Waals surface area (Å²) in [5.74, 6) is 1.76. The zero-order chi connectivity index (χ0) is 18.2. The number of rotatable bonds is 5. The van der Waals surface area contributed by atoms with Gasteiger partial charge in [-0.15, -0.1) is 0 Å². The maximum atomic E-state index is 5.81. The minimum atomic E-state index is -0.196. The molecule has 8 nitrogen and oxygen atoms in total. The van der Waals surface area contributed by atoms with Crippen LogP contribution in [0.15, 0.2) is 23.5 Å². The maximum absolute atomic E-state index is 5.81. The summed E-state index contributed by atoms with van der Waals surface area (Å²) >= 11 is 0. The average Bonchev–Trinajstić information content (AvgIpc) is 2.72. The van der Waals surface area contributed by atoms with Gasteiger partial charge in [-0.25, -0.2) is 9.97 Å². The highest BCUT2D eigenvalue weighted by molar-refractivity contribution is 5.80. The van der Waals surface area contributed by atoms with Crippen LogP contribution < -0.4 is 10.2 Å². The zero-order valence-corrected chi connectivity index (χ0v) is 15.9. The lowest BCUT2D eigenvalue weighted by Crippen LogP contribution is -2.53. The van der Waals surface area contributed by atoms with Crippen molar-refractivity contribution in [2.45, 2.75) is 25.4 Å². The van der Waals surface area contributed by atoms with Crippen molar-refractivity contribution < 1.29 is 9.47 Å². The first-order valence-electron chi connectivity index (χ1n) is 9.44. The molecule has 3 heterocycles. The number of piperazine rings is 1. The molecule has 144 valence electrons. The molecule has 2 aliphatic rings. The summed E-state index contributed by atoms with van der Waals surface area (Å²) < 4.78 is 11.3. The van der Waals surface area contributed by atoms with Crippen molar-refractivity contribution in [2.24, 2.45) is 4.99 Å². The molecule has 0 amide bonds. The first kappa shape index (κ1) is 18.8. The molecule has 0 atom stereocenters. The van der Waals surface area contributed by atoms with Crippen molar-refractivity contribution in [3.63, 3.8) is 0 Å². The first-order valence-corrected chi connectivity index (χ1v) is 9.44. The summed E-state index contributed by atoms with van der Waals surface area (Å²) in [6.45, 7) is 8.67. The van der Waals surface area contributed by atoms with Gasteiger partial charge in [0.05, 0.1) is 12.1 Å². The van der Waals surface area contributed by atoms with Crippen LogP contribution in [0.1, 0.15) is 19.8 Å². The fourth-order valence-corrected chi connectivity index (χ4v) is 3.39. The van der Waals surface area contributed by atoms with Crippen LogP contribution in [0, 0.1) is 0 Å². The molecule has 0 spiro atoms. The Labute approximate surface area is 155 Å². The predicted molar refractivity (Wildman–Crippen MR) is 102 cm³/mol. The van der Waals surface area contributed by atoms with Gasteiger partial charge in [0.25, 0.3) is 0 Å². The van der Waals surface area contributed by atoms with E-state index in [0.29, 0.717) is 6.54 Å². The number of nitrogens with zero attached hydrogens (tertiary/aromatic N) is 5. The Morgan fingerprint density at radius 1 is 1.23 bits per heavy atom. The van der Waals surface area contributed by atoms with E-state index in [-0.39, 0.29) is 5.60 Å². The van der Waals surface area contributed by atoms with Gasteiger partial charge in [-0.05, 0) is 13.0 Å². The molecule has 0 saturated carbocycles. The third-order valence-electron chi connectivity index (χ3n) is 5.10. The number of hydrogen-bond acceptors (Lipinski definition) is 6. The molecule has 0 aromatic carbocycles. The molecular weight excluding hydrogens is 332 g/mol. The molecule has 2 fully saturated rings. The van der Waals surface area contributed by atoms with Crippen molar-refractivity contribution in [1.29, 1.82) is 0 Å². The quantitative estimate of drug-likeness (QED) is 0.612. The summed E-state index contributed by atoms with van der Waals surface area (Å²) in [7, 11) is 1.78. The molecule has 1 aromatic heterocycles. The number of hydrogen-bond donors (Lipinski definition) is 1. The highest BCUT2D eigenvalue weighted by Crippen LogP contribution is 2.25. The molecule has 1 N–H and O–H groups in total. The van der Waals surface area contributed by atoms with Crippen LogP contribution in [0.5, 0.6) is 0 Å². The largest absolute Gasteiger partial charge is 0.381 e. The van der Waals surface area contributed by atoms with Gasteiger partial charge in [0, 0.05) is 78.3 Å². The van der Waals surface area contributed by atoms with Crippen LogP contribution in [0.2, 0.25) is 0 Å². The molecule has 8 heteroatoms. The molecule has 0 bridgehead atoms. The summed E-state index contributed by atoms with van der Waals surface area (Å²) in [6, 6.07) is 1.84. The van der Waals surface area contributed by atoms with Crippen LogP contribution in [0.4, 0.5) is 5.95 Å². The van der Waals surface area contributed by atoms with Crippen LogP contribution in [0.3, 0.4) is 0 Å². The van der Waals surface area contributed by atoms with Gasteiger partial charge in [0.2, 0.25) is 5.95 Å². The predicted octanol–water partition coefficient (Wildman–Crippen LogP) is 0.760. The minimum Gasteiger partial charge on any atom is -0.381 e. The Bertz CT molecular complexity index is 568. The number of ether oxygens (including phenoxy) is 2. The summed E-state index contributed by atoms with van der Waals surface area (Å²) in [6.07, 6.45) is 5.37. The third kappa shape index (κ3) is 4.62. The van der Waals surface area contributed by atoms with Gasteiger partial charge in [0.1, 0.15) is 0 Å². The van der Waals surface area contributed by atoms with E-state index in [1.54, 1.807) is 19.5 Å². The molecule has 2 saturated heterocycles. The van der Waals surface area contributed by atoms with E-state index in [0.717, 1.165) is 70.7 Å². The number of anilines is 1. The van der Waals surface area contributed by atoms with Crippen LogP contribution in [-0.4, -0.2) is 86.0 Å². The smallest absolute Gasteiger partial charge is 0.225 e. The van der Waals surface area contributed by atoms with Gasteiger partial charge in [-0.1, -0.05) is 0 Å². The molecule has 2 aliphatic heterocycles. The van der Waals surface area contributed by atoms with E-state index < -0.39 is 0 Å². The Morgan fingerprint density at radius 3 is 2.54 bits per heavy atom. The van der Waals surface area contributed by atoms with E-state index in [1.165, 1.54) is 0 Å². The van der Waals surface area contributed by atoms with E-state index in [4.69, 9.17) is 14.5 Å². The SMILES string of the molecule is CCNC(=NCC1(OC)CCOCC1)N1CCN(c2ncccn2)CC1. The highest BCUT2D eigenvalue weighted by atomic mass is 16.5. The second-order valence-electron chi connectivity index (χ2n) is 6.69. The van der Waals surface area contributed by atoms with E-state index in [9.17, 15) is 0 Å². The monoisotopic (exact) mass is 362 g/mol. The molecule has 1 aromatic rings. The van der Waals surface area contributed by atoms with Crippen molar-refractivity contribution in [3.05, 3.63) is 18.5 Å². The van der Waals surface area contributed by atoms with Crippen LogP contribution in [-0.2, 0) is 9.47 Å². The number of guanidine groups is 1. The lowest BCUT2D eigenvalue weighted by atomic mass is 9.94. The standard InChI is InChI=1S/C18H30N6O2/c1-3-19-16(22-15-18(25-2)5-13-26-14-6-18)23-9-11-24(12-10-23)17-20-7-4-8-21-17/h4,7-8H,3,5-6,9-15H2,1-2H3,(H,19,22). The Kier molecular flexibility index (Phi) is 6.62. The first-order chi connectivity index (χ1) is 12.8. The van der Waals surface area contributed by atoms with Crippen molar-refractivity contribution >= 4 is 11.9 Å². The van der Waals surface area contributed by atoms with E-state index in [1.807, 2.05) is 6.07 Å². The molecule has 3 rings (SSSR count). The topological polar surface area (TPSA) is 75.1 Å². The third-order valence-corrected chi connectivity index (χ3v) is 5.10. The second-order valence-corrected chi connectivity index (χ2v) is 6.69. The Morgan fingerprint density at radius 2 is 1.92 bits per heavy atom. The molecule has 0 unspecified atom stereocenters. The normalized spacial score (nSPS) is 20.9. The summed E-state index contributed by atoms with van der Waals surface area (Å²) in [5.41, 5.74) is -0.196. The Balaban J connectivity index is 1.61. The van der Waals surface area contributed by atoms with Gasteiger partial charge in [-0.2, -0.15) is 0 Å². The number of nitrogens with one attached hydrogen (secondary N) is 1. The van der Waals surface area contributed by atoms with E-state index >= 15 is 0 Å². The highest BCUT2D eigenvalue weighted by Gasteiger charge is 2.33. The van der Waals surface area contributed by atoms with Crippen LogP contribution >= 0.6 is 0 Å². The second kappa shape index (κ2) is 9.14. The van der Waals surface area contributed by atoms with Crippen LogP contribution in [0.25, 0.3) is 0 Å². The van der Waals surface area contributed by atoms with Crippen molar-refractivity contribution in [3.8, 4) is 0 Å². The lowest BCUT2D eigenvalue weighted by molar-refractivity contribution is -0.0829. The number of methoxy groups -OCH3 is 1. The number of aromatic nitrogens is 2. The van der Waals surface area contributed by atoms with Gasteiger partial charge in [0.15, 0.2) is 5.96 Å². The van der Waals surface area contributed by atoms with Crippen molar-refractivity contribution in [2.75, 3.05) is 64.5 Å². The molecule has 0 aliphatic carbocycles. The maximum Gasteiger partial charge on any atom is 0.225 e. The minimum absolute atomic E-state index is 0.196. The summed E-state index contributed by atoms with van der Waals surface area (Å²) in [5, 5.41) is 3.43. The summed E-state index contributed by atoms with van der Waals surface area (Å²) in [4.78, 5) is 18.1. The average molecular weight is 362 g/mol. The Hall–Kier alpha value is -1.93. The van der Waals surface area contributed by atoms with Gasteiger partial charge < -0.3 is 24.6 Å². The number of aliphatic imine (C=N–C) groups is 1. The zero-order valence-electron chi connectivity index (χ0n) is 15.9. The van der Waals surface area contributed by atoms with Gasteiger partial charge >= 0.3 is 0 Å². The van der Waals surface area contributed by atoms with Gasteiger partial charge in [-0.3, -0.25) is 4.99 Å². The fraction of sp³-hybridized carbons (Fsp3) is 0.722. The molecule has 26 heavy (non-hydrogen) atoms. The molecular formula is C18H30N6O2. The van der Waals surface area contributed by atoms with Crippen molar-refractivity contribution in [1.82, 2.24) is 20.2 Å². The fourth-order valence-electron chi connectivity index (χ4n) is 3.39. The lowest BCUT2D eigenvalue weighted by Gasteiger charge is -2.38.